The van der Waals surface area contributed by atoms with Gasteiger partial charge in [0.05, 0.1) is 18.6 Å². The summed E-state index contributed by atoms with van der Waals surface area (Å²) in [6.45, 7) is 3.18. The van der Waals surface area contributed by atoms with Gasteiger partial charge in [0, 0.05) is 37.2 Å². The van der Waals surface area contributed by atoms with Gasteiger partial charge in [0.25, 0.3) is 5.91 Å². The Bertz CT molecular complexity index is 1100. The number of fused-ring (bicyclic) bond motifs is 1. The molecule has 0 saturated heterocycles. The average molecular weight is 492 g/mol. The number of hydrogen-bond donors (Lipinski definition) is 1. The number of nitrogens with one attached hydrogen (secondary N) is 1. The molecule has 0 spiro atoms. The van der Waals surface area contributed by atoms with Crippen LogP contribution in [0.2, 0.25) is 0 Å². The summed E-state index contributed by atoms with van der Waals surface area (Å²) in [5, 5.41) is 5.16. The number of amides is 2. The van der Waals surface area contributed by atoms with Crippen molar-refractivity contribution in [2.75, 3.05) is 40.4 Å². The second kappa shape index (κ2) is 12.1. The first kappa shape index (κ1) is 25.1. The average Bonchev–Trinajstić information content (AvgIpc) is 3.41. The normalized spacial score (nSPS) is 17.5. The van der Waals surface area contributed by atoms with E-state index in [1.807, 2.05) is 47.8 Å². The van der Waals surface area contributed by atoms with Gasteiger partial charge < -0.3 is 19.9 Å². The van der Waals surface area contributed by atoms with Crippen molar-refractivity contribution in [3.63, 3.8) is 0 Å². The van der Waals surface area contributed by atoms with Gasteiger partial charge in [-0.2, -0.15) is 0 Å². The minimum Gasteiger partial charge on any atom is -0.383 e. The summed E-state index contributed by atoms with van der Waals surface area (Å²) < 4.78 is 5.29. The van der Waals surface area contributed by atoms with Gasteiger partial charge in [-0.15, -0.1) is 11.3 Å². The number of carbonyl (C=O) groups excluding carboxylic acids is 2. The predicted molar refractivity (Wildman–Crippen MR) is 140 cm³/mol. The molecule has 2 amide bonds. The summed E-state index contributed by atoms with van der Waals surface area (Å²) >= 11 is 1.58. The molecule has 184 valence electrons. The molecule has 1 aliphatic rings. The van der Waals surface area contributed by atoms with Crippen molar-refractivity contribution in [3.8, 4) is 0 Å². The highest BCUT2D eigenvalue weighted by atomic mass is 32.1. The van der Waals surface area contributed by atoms with Crippen molar-refractivity contribution in [1.82, 2.24) is 15.1 Å². The number of ether oxygens (including phenoxy) is 1. The molecule has 2 heterocycles. The second-order valence-electron chi connectivity index (χ2n) is 8.88. The monoisotopic (exact) mass is 491 g/mol. The molecule has 7 heteroatoms. The second-order valence-corrected chi connectivity index (χ2v) is 9.86. The van der Waals surface area contributed by atoms with Crippen LogP contribution >= 0.6 is 11.3 Å². The largest absolute Gasteiger partial charge is 0.383 e. The van der Waals surface area contributed by atoms with Crippen LogP contribution in [0.4, 0.5) is 0 Å². The highest BCUT2D eigenvalue weighted by molar-refractivity contribution is 7.10. The lowest BCUT2D eigenvalue weighted by Gasteiger charge is -2.41. The SMILES string of the molecule is COCCN1C(=O)c2ccccc2[C@H](C(=O)NCCCN(C)Cc2ccccc2)[C@@H]1c1cccs1. The summed E-state index contributed by atoms with van der Waals surface area (Å²) in [5.74, 6) is -0.569. The number of benzene rings is 2. The Morgan fingerprint density at radius 3 is 2.60 bits per heavy atom. The zero-order valence-corrected chi connectivity index (χ0v) is 21.2. The Kier molecular flexibility index (Phi) is 8.69. The van der Waals surface area contributed by atoms with Crippen LogP contribution in [0.3, 0.4) is 0 Å². The molecule has 0 aliphatic carbocycles. The molecule has 1 aliphatic heterocycles. The third-order valence-electron chi connectivity index (χ3n) is 6.40. The molecule has 3 aromatic rings. The molecule has 0 radical (unpaired) electrons. The summed E-state index contributed by atoms with van der Waals surface area (Å²) in [5.41, 5.74) is 2.67. The van der Waals surface area contributed by atoms with Crippen LogP contribution in [0.25, 0.3) is 0 Å². The highest BCUT2D eigenvalue weighted by Gasteiger charge is 2.44. The van der Waals surface area contributed by atoms with E-state index in [0.717, 1.165) is 30.0 Å². The lowest BCUT2D eigenvalue weighted by Crippen LogP contribution is -2.48. The summed E-state index contributed by atoms with van der Waals surface area (Å²) in [4.78, 5) is 32.1. The van der Waals surface area contributed by atoms with Crippen LogP contribution in [0.1, 0.15) is 44.7 Å². The van der Waals surface area contributed by atoms with Crippen molar-refractivity contribution in [3.05, 3.63) is 93.7 Å². The van der Waals surface area contributed by atoms with Gasteiger partial charge in [0.15, 0.2) is 0 Å². The van der Waals surface area contributed by atoms with Crippen molar-refractivity contribution < 1.29 is 14.3 Å². The Morgan fingerprint density at radius 1 is 1.09 bits per heavy atom. The van der Waals surface area contributed by atoms with Crippen LogP contribution < -0.4 is 5.32 Å². The van der Waals surface area contributed by atoms with E-state index in [9.17, 15) is 9.59 Å². The Morgan fingerprint density at radius 2 is 1.86 bits per heavy atom. The van der Waals surface area contributed by atoms with Gasteiger partial charge in [0.1, 0.15) is 0 Å². The first-order valence-corrected chi connectivity index (χ1v) is 12.9. The molecule has 4 rings (SSSR count). The number of carbonyl (C=O) groups is 2. The Hall–Kier alpha value is -3.00. The molecular formula is C28H33N3O3S. The molecule has 1 N–H and O–H groups in total. The lowest BCUT2D eigenvalue weighted by molar-refractivity contribution is -0.124. The maximum Gasteiger partial charge on any atom is 0.254 e. The van der Waals surface area contributed by atoms with Crippen LogP contribution in [-0.2, 0) is 16.1 Å². The highest BCUT2D eigenvalue weighted by Crippen LogP contribution is 2.44. The number of rotatable bonds is 11. The first-order valence-electron chi connectivity index (χ1n) is 12.0. The van der Waals surface area contributed by atoms with Crippen molar-refractivity contribution in [1.29, 1.82) is 0 Å². The van der Waals surface area contributed by atoms with E-state index in [4.69, 9.17) is 4.74 Å². The summed E-state index contributed by atoms with van der Waals surface area (Å²) in [6, 6.07) is 21.5. The molecule has 2 aromatic carbocycles. The maximum atomic E-state index is 13.6. The Balaban J connectivity index is 1.47. The molecule has 2 atom stereocenters. The van der Waals surface area contributed by atoms with Gasteiger partial charge in [-0.1, -0.05) is 54.6 Å². The summed E-state index contributed by atoms with van der Waals surface area (Å²) in [6.07, 6.45) is 0.847. The minimum atomic E-state index is -0.471. The van der Waals surface area contributed by atoms with Crippen LogP contribution in [-0.4, -0.2) is 62.0 Å². The number of thiophene rings is 1. The summed E-state index contributed by atoms with van der Waals surface area (Å²) in [7, 11) is 3.72. The molecule has 0 saturated carbocycles. The lowest BCUT2D eigenvalue weighted by atomic mass is 9.81. The van der Waals surface area contributed by atoms with Gasteiger partial charge in [-0.3, -0.25) is 9.59 Å². The van der Waals surface area contributed by atoms with Gasteiger partial charge in [0.2, 0.25) is 5.91 Å². The fraction of sp³-hybridized carbons (Fsp3) is 0.357. The van der Waals surface area contributed by atoms with Gasteiger partial charge in [-0.25, -0.2) is 0 Å². The zero-order chi connectivity index (χ0) is 24.6. The van der Waals surface area contributed by atoms with Crippen LogP contribution in [0.5, 0.6) is 0 Å². The third kappa shape index (κ3) is 5.99. The minimum absolute atomic E-state index is 0.0449. The smallest absolute Gasteiger partial charge is 0.254 e. The van der Waals surface area contributed by atoms with E-state index in [2.05, 4.69) is 41.5 Å². The Labute approximate surface area is 211 Å². The zero-order valence-electron chi connectivity index (χ0n) is 20.4. The predicted octanol–water partition coefficient (Wildman–Crippen LogP) is 4.31. The molecule has 35 heavy (non-hydrogen) atoms. The van der Waals surface area contributed by atoms with Gasteiger partial charge >= 0.3 is 0 Å². The van der Waals surface area contributed by atoms with E-state index in [1.54, 1.807) is 23.3 Å². The molecule has 0 bridgehead atoms. The third-order valence-corrected chi connectivity index (χ3v) is 7.35. The van der Waals surface area contributed by atoms with Gasteiger partial charge in [-0.05, 0) is 48.7 Å². The maximum absolute atomic E-state index is 13.6. The molecular weight excluding hydrogens is 458 g/mol. The fourth-order valence-corrected chi connectivity index (χ4v) is 5.61. The molecule has 0 unspecified atom stereocenters. The van der Waals surface area contributed by atoms with E-state index >= 15 is 0 Å². The molecule has 6 nitrogen and oxygen atoms in total. The van der Waals surface area contributed by atoms with Crippen molar-refractivity contribution in [2.24, 2.45) is 0 Å². The van der Waals surface area contributed by atoms with Crippen molar-refractivity contribution >= 4 is 23.2 Å². The number of nitrogens with zero attached hydrogens (tertiary/aromatic N) is 2. The first-order chi connectivity index (χ1) is 17.1. The standard InChI is InChI=1S/C28H33N3O3S/c1-30(20-21-10-4-3-5-11-21)16-9-15-29-27(32)25-22-12-6-7-13-23(22)28(33)31(17-18-34-2)26(25)24-14-8-19-35-24/h3-8,10-14,19,25-26H,9,15-18,20H2,1-2H3,(H,29,32)/t25-,26-/m0/s1. The van der Waals surface area contributed by atoms with Crippen molar-refractivity contribution in [2.45, 2.75) is 24.9 Å². The number of methoxy groups -OCH3 is 1. The molecule has 0 fully saturated rings. The van der Waals surface area contributed by atoms with Crippen LogP contribution in [0.15, 0.2) is 72.1 Å². The fourth-order valence-electron chi connectivity index (χ4n) is 4.73. The topological polar surface area (TPSA) is 61.9 Å². The van der Waals surface area contributed by atoms with E-state index < -0.39 is 5.92 Å². The molecule has 1 aromatic heterocycles. The van der Waals surface area contributed by atoms with E-state index in [-0.39, 0.29) is 17.9 Å². The number of hydrogen-bond acceptors (Lipinski definition) is 5. The quantitative estimate of drug-likeness (QED) is 0.406. The van der Waals surface area contributed by atoms with Crippen LogP contribution in [0, 0.1) is 0 Å². The van der Waals surface area contributed by atoms with E-state index in [0.29, 0.717) is 25.3 Å². The van der Waals surface area contributed by atoms with E-state index in [1.165, 1.54) is 5.56 Å².